The van der Waals surface area contributed by atoms with Crippen LogP contribution in [0.25, 0.3) is 0 Å². The van der Waals surface area contributed by atoms with Crippen LogP contribution in [0.15, 0.2) is 16.6 Å². The molecule has 1 aromatic carbocycles. The van der Waals surface area contributed by atoms with Crippen LogP contribution in [0.3, 0.4) is 0 Å². The lowest BCUT2D eigenvalue weighted by Crippen LogP contribution is -2.22. The Bertz CT molecular complexity index is 431. The molecule has 100 valence electrons. The zero-order valence-corrected chi connectivity index (χ0v) is 14.7. The molecule has 0 aromatic heterocycles. The molecule has 1 aromatic rings. The van der Waals surface area contributed by atoms with Gasteiger partial charge < -0.3 is 0 Å². The number of halogens is 2. The highest BCUT2D eigenvalue weighted by Gasteiger charge is 2.39. The summed E-state index contributed by atoms with van der Waals surface area (Å²) in [6.07, 6.45) is 6.80. The Morgan fingerprint density at radius 1 is 1.17 bits per heavy atom. The van der Waals surface area contributed by atoms with Gasteiger partial charge in [0.15, 0.2) is 0 Å². The van der Waals surface area contributed by atoms with Gasteiger partial charge >= 0.3 is 0 Å². The summed E-state index contributed by atoms with van der Waals surface area (Å²) in [4.78, 5) is 0.504. The summed E-state index contributed by atoms with van der Waals surface area (Å²) in [6.45, 7) is 6.76. The molecule has 0 bridgehead atoms. The van der Waals surface area contributed by atoms with Crippen LogP contribution < -0.4 is 0 Å². The van der Waals surface area contributed by atoms with Gasteiger partial charge in [0.25, 0.3) is 0 Å². The second-order valence-corrected chi connectivity index (χ2v) is 7.51. The van der Waals surface area contributed by atoms with Crippen LogP contribution in [0.4, 0.5) is 0 Å². The zero-order chi connectivity index (χ0) is 13.3. The van der Waals surface area contributed by atoms with E-state index in [1.54, 1.807) is 0 Å². The Morgan fingerprint density at radius 3 is 2.33 bits per heavy atom. The zero-order valence-electron chi connectivity index (χ0n) is 11.5. The smallest absolute Gasteiger partial charge is 0.0454 e. The van der Waals surface area contributed by atoms with Crippen molar-refractivity contribution in [3.63, 3.8) is 0 Å². The Labute approximate surface area is 128 Å². The van der Waals surface area contributed by atoms with Crippen molar-refractivity contribution in [2.24, 2.45) is 5.41 Å². The van der Waals surface area contributed by atoms with Gasteiger partial charge in [-0.05, 0) is 61.3 Å². The van der Waals surface area contributed by atoms with E-state index >= 15 is 0 Å². The van der Waals surface area contributed by atoms with Gasteiger partial charge in [0.1, 0.15) is 0 Å². The van der Waals surface area contributed by atoms with Crippen molar-refractivity contribution in [2.75, 3.05) is 0 Å². The quantitative estimate of drug-likeness (QED) is 0.532. The molecule has 2 rings (SSSR count). The average molecular weight is 374 g/mol. The van der Waals surface area contributed by atoms with Crippen molar-refractivity contribution < 1.29 is 0 Å². The van der Waals surface area contributed by atoms with Crippen molar-refractivity contribution in [1.82, 2.24) is 0 Å². The van der Waals surface area contributed by atoms with E-state index in [9.17, 15) is 0 Å². The average Bonchev–Trinajstić information content (AvgIpc) is 2.83. The maximum Gasteiger partial charge on any atom is 0.0454 e. The molecule has 0 heterocycles. The topological polar surface area (TPSA) is 0 Å². The summed E-state index contributed by atoms with van der Waals surface area (Å²) in [6, 6.07) is 4.62. The summed E-state index contributed by atoms with van der Waals surface area (Å²) in [5.74, 6) is 0. The Balaban J connectivity index is 2.39. The van der Waals surface area contributed by atoms with Crippen LogP contribution in [0.2, 0.25) is 0 Å². The summed E-state index contributed by atoms with van der Waals surface area (Å²) in [5.41, 5.74) is 4.70. The van der Waals surface area contributed by atoms with Crippen molar-refractivity contribution in [1.29, 1.82) is 0 Å². The fourth-order valence-electron chi connectivity index (χ4n) is 3.27. The molecule has 1 fully saturated rings. The van der Waals surface area contributed by atoms with Crippen LogP contribution in [0, 0.1) is 19.3 Å². The van der Waals surface area contributed by atoms with Crippen molar-refractivity contribution in [3.8, 4) is 0 Å². The SMILES string of the molecule is CCC1(C(Br)c2cc(C)c(Br)cc2C)CCCC1. The highest BCUT2D eigenvalue weighted by Crippen LogP contribution is 2.54. The van der Waals surface area contributed by atoms with Crippen LogP contribution in [-0.4, -0.2) is 0 Å². The molecule has 1 atom stereocenters. The Hall–Kier alpha value is 0.180. The van der Waals surface area contributed by atoms with Gasteiger partial charge in [-0.15, -0.1) is 0 Å². The molecule has 1 aliphatic rings. The Morgan fingerprint density at radius 2 is 1.78 bits per heavy atom. The van der Waals surface area contributed by atoms with E-state index in [2.05, 4.69) is 64.8 Å². The lowest BCUT2D eigenvalue weighted by atomic mass is 9.76. The van der Waals surface area contributed by atoms with E-state index in [1.807, 2.05) is 0 Å². The molecule has 0 saturated heterocycles. The van der Waals surface area contributed by atoms with E-state index in [0.29, 0.717) is 10.2 Å². The third-order valence-electron chi connectivity index (χ3n) is 4.66. The predicted octanol–water partition coefficient (Wildman–Crippen LogP) is 6.47. The van der Waals surface area contributed by atoms with Gasteiger partial charge in [-0.1, -0.05) is 57.7 Å². The molecule has 0 spiro atoms. The van der Waals surface area contributed by atoms with E-state index in [4.69, 9.17) is 0 Å². The first-order valence-corrected chi connectivity index (χ1v) is 8.62. The third kappa shape index (κ3) is 2.56. The molecule has 0 N–H and O–H groups in total. The lowest BCUT2D eigenvalue weighted by Gasteiger charge is -2.34. The van der Waals surface area contributed by atoms with Gasteiger partial charge in [-0.25, -0.2) is 0 Å². The molecule has 0 amide bonds. The predicted molar refractivity (Wildman–Crippen MR) is 86.5 cm³/mol. The highest BCUT2D eigenvalue weighted by molar-refractivity contribution is 9.10. The number of hydrogen-bond acceptors (Lipinski definition) is 0. The standard InChI is InChI=1S/C16H22Br2/c1-4-16(7-5-6-8-16)15(18)13-9-12(3)14(17)10-11(13)2/h9-10,15H,4-8H2,1-3H3. The molecule has 18 heavy (non-hydrogen) atoms. The van der Waals surface area contributed by atoms with Crippen molar-refractivity contribution >= 4 is 31.9 Å². The van der Waals surface area contributed by atoms with E-state index in [1.165, 1.54) is 53.3 Å². The van der Waals surface area contributed by atoms with Crippen LogP contribution in [0.1, 0.15) is 60.5 Å². The van der Waals surface area contributed by atoms with Crippen LogP contribution in [0.5, 0.6) is 0 Å². The molecule has 1 aliphatic carbocycles. The first kappa shape index (κ1) is 14.6. The van der Waals surface area contributed by atoms with Gasteiger partial charge in [-0.2, -0.15) is 0 Å². The van der Waals surface area contributed by atoms with Crippen LogP contribution >= 0.6 is 31.9 Å². The number of benzene rings is 1. The first-order chi connectivity index (χ1) is 8.50. The number of alkyl halides is 1. The summed E-state index contributed by atoms with van der Waals surface area (Å²) in [5, 5.41) is 0. The minimum absolute atomic E-state index is 0.477. The minimum Gasteiger partial charge on any atom is -0.0833 e. The molecular formula is C16H22Br2. The van der Waals surface area contributed by atoms with Gasteiger partial charge in [0, 0.05) is 9.30 Å². The number of hydrogen-bond donors (Lipinski definition) is 0. The van der Waals surface area contributed by atoms with Gasteiger partial charge in [0.2, 0.25) is 0 Å². The normalized spacial score (nSPS) is 20.1. The largest absolute Gasteiger partial charge is 0.0833 e. The van der Waals surface area contributed by atoms with Crippen molar-refractivity contribution in [2.45, 2.75) is 57.7 Å². The summed E-state index contributed by atoms with van der Waals surface area (Å²) in [7, 11) is 0. The molecule has 0 radical (unpaired) electrons. The van der Waals surface area contributed by atoms with E-state index < -0.39 is 0 Å². The fraction of sp³-hybridized carbons (Fsp3) is 0.625. The number of aryl methyl sites for hydroxylation is 2. The molecular weight excluding hydrogens is 352 g/mol. The van der Waals surface area contributed by atoms with Gasteiger partial charge in [0.05, 0.1) is 0 Å². The maximum atomic E-state index is 4.02. The third-order valence-corrected chi connectivity index (χ3v) is 6.98. The Kier molecular flexibility index (Phi) is 4.59. The van der Waals surface area contributed by atoms with E-state index in [0.717, 1.165) is 0 Å². The molecule has 1 unspecified atom stereocenters. The van der Waals surface area contributed by atoms with Gasteiger partial charge in [-0.3, -0.25) is 0 Å². The fourth-order valence-corrected chi connectivity index (χ4v) is 5.00. The number of rotatable bonds is 3. The first-order valence-electron chi connectivity index (χ1n) is 6.91. The monoisotopic (exact) mass is 372 g/mol. The van der Waals surface area contributed by atoms with E-state index in [-0.39, 0.29) is 0 Å². The molecule has 1 saturated carbocycles. The molecule has 2 heteroatoms. The molecule has 0 aliphatic heterocycles. The minimum atomic E-state index is 0.477. The second kappa shape index (κ2) is 5.66. The lowest BCUT2D eigenvalue weighted by molar-refractivity contribution is 0.279. The summed E-state index contributed by atoms with van der Waals surface area (Å²) >= 11 is 7.65. The van der Waals surface area contributed by atoms with Crippen molar-refractivity contribution in [3.05, 3.63) is 33.3 Å². The summed E-state index contributed by atoms with van der Waals surface area (Å²) < 4.78 is 1.22. The maximum absolute atomic E-state index is 4.02. The molecule has 0 nitrogen and oxygen atoms in total. The second-order valence-electron chi connectivity index (χ2n) is 5.74. The van der Waals surface area contributed by atoms with Crippen LogP contribution in [-0.2, 0) is 0 Å². The highest BCUT2D eigenvalue weighted by atomic mass is 79.9.